The molecule has 1 aliphatic heterocycles. The topological polar surface area (TPSA) is 63.7 Å². The summed E-state index contributed by atoms with van der Waals surface area (Å²) >= 11 is 2.98. The van der Waals surface area contributed by atoms with Crippen molar-refractivity contribution in [1.29, 1.82) is 0 Å². The zero-order chi connectivity index (χ0) is 15.6. The Hall–Kier alpha value is -0.990. The molecule has 0 saturated carbocycles. The van der Waals surface area contributed by atoms with Crippen LogP contribution in [-0.2, 0) is 19.6 Å². The second-order valence-corrected chi connectivity index (χ2v) is 7.35. The fourth-order valence-electron chi connectivity index (χ4n) is 2.27. The van der Waals surface area contributed by atoms with E-state index in [1.165, 1.54) is 12.1 Å². The quantitative estimate of drug-likeness (QED) is 0.752. The highest BCUT2D eigenvalue weighted by Crippen LogP contribution is 2.28. The minimum absolute atomic E-state index is 0.167. The SMILES string of the molecule is CCOC(=O)C1CCCN1S(=O)(=O)c1ccc(Br)c(F)c1. The maximum Gasteiger partial charge on any atom is 0.324 e. The van der Waals surface area contributed by atoms with E-state index in [4.69, 9.17) is 4.74 Å². The normalized spacial score (nSPS) is 19.7. The van der Waals surface area contributed by atoms with Gasteiger partial charge in [-0.2, -0.15) is 4.31 Å². The number of sulfonamides is 1. The number of halogens is 2. The molecule has 0 spiro atoms. The fourth-order valence-corrected chi connectivity index (χ4v) is 4.18. The largest absolute Gasteiger partial charge is 0.465 e. The van der Waals surface area contributed by atoms with E-state index < -0.39 is 27.9 Å². The standard InChI is InChI=1S/C13H15BrFNO4S/c1-2-20-13(17)12-4-3-7-16(12)21(18,19)9-5-6-10(14)11(15)8-9/h5-6,8,12H,2-4,7H2,1H3. The summed E-state index contributed by atoms with van der Waals surface area (Å²) in [4.78, 5) is 11.7. The van der Waals surface area contributed by atoms with Crippen LogP contribution in [0.4, 0.5) is 4.39 Å². The maximum atomic E-state index is 13.6. The van der Waals surface area contributed by atoms with Gasteiger partial charge in [-0.3, -0.25) is 4.79 Å². The third kappa shape index (κ3) is 3.27. The molecule has 5 nitrogen and oxygen atoms in total. The predicted octanol–water partition coefficient (Wildman–Crippen LogP) is 2.30. The molecule has 0 aliphatic carbocycles. The smallest absolute Gasteiger partial charge is 0.324 e. The molecule has 116 valence electrons. The second-order valence-electron chi connectivity index (χ2n) is 4.60. The number of carbonyl (C=O) groups is 1. The van der Waals surface area contributed by atoms with Gasteiger partial charge in [0.05, 0.1) is 16.0 Å². The molecule has 8 heteroatoms. The molecule has 1 heterocycles. The lowest BCUT2D eigenvalue weighted by Crippen LogP contribution is -2.41. The van der Waals surface area contributed by atoms with Crippen molar-refractivity contribution < 1.29 is 22.3 Å². The van der Waals surface area contributed by atoms with E-state index in [1.54, 1.807) is 6.92 Å². The van der Waals surface area contributed by atoms with Crippen molar-refractivity contribution in [2.45, 2.75) is 30.7 Å². The molecule has 0 aromatic heterocycles. The summed E-state index contributed by atoms with van der Waals surface area (Å²) in [6, 6.07) is 2.75. The van der Waals surface area contributed by atoms with Crippen molar-refractivity contribution >= 4 is 31.9 Å². The van der Waals surface area contributed by atoms with Crippen molar-refractivity contribution in [2.24, 2.45) is 0 Å². The van der Waals surface area contributed by atoms with Gasteiger partial charge in [0.2, 0.25) is 10.0 Å². The number of esters is 1. The summed E-state index contributed by atoms with van der Waals surface area (Å²) in [5.74, 6) is -1.22. The van der Waals surface area contributed by atoms with Crippen LogP contribution in [0.5, 0.6) is 0 Å². The average molecular weight is 380 g/mol. The zero-order valence-corrected chi connectivity index (χ0v) is 13.8. The van der Waals surface area contributed by atoms with Crippen molar-refractivity contribution in [1.82, 2.24) is 4.31 Å². The van der Waals surface area contributed by atoms with E-state index in [0.717, 1.165) is 10.4 Å². The van der Waals surface area contributed by atoms with Crippen LogP contribution in [0.15, 0.2) is 27.6 Å². The third-order valence-corrected chi connectivity index (χ3v) is 5.81. The lowest BCUT2D eigenvalue weighted by molar-refractivity contribution is -0.146. The molecule has 1 aromatic carbocycles. The third-order valence-electron chi connectivity index (χ3n) is 3.26. The maximum absolute atomic E-state index is 13.6. The van der Waals surface area contributed by atoms with E-state index in [0.29, 0.717) is 12.8 Å². The van der Waals surface area contributed by atoms with Crippen LogP contribution in [0.1, 0.15) is 19.8 Å². The van der Waals surface area contributed by atoms with E-state index in [1.807, 2.05) is 0 Å². The highest BCUT2D eigenvalue weighted by atomic mass is 79.9. The van der Waals surface area contributed by atoms with Gasteiger partial charge in [-0.1, -0.05) is 0 Å². The number of nitrogens with zero attached hydrogens (tertiary/aromatic N) is 1. The predicted molar refractivity (Wildman–Crippen MR) is 77.6 cm³/mol. The van der Waals surface area contributed by atoms with Gasteiger partial charge in [0.1, 0.15) is 11.9 Å². The summed E-state index contributed by atoms with van der Waals surface area (Å²) < 4.78 is 44.8. The molecule has 0 radical (unpaired) electrons. The Kier molecular flexibility index (Phi) is 5.00. The van der Waals surface area contributed by atoms with Gasteiger partial charge in [0.25, 0.3) is 0 Å². The van der Waals surface area contributed by atoms with Crippen LogP contribution in [-0.4, -0.2) is 37.9 Å². The van der Waals surface area contributed by atoms with Crippen LogP contribution >= 0.6 is 15.9 Å². The number of rotatable bonds is 4. The molecule has 1 aliphatic rings. The summed E-state index contributed by atoms with van der Waals surface area (Å²) in [7, 11) is -3.92. The number of hydrogen-bond donors (Lipinski definition) is 0. The Labute approximate surface area is 131 Å². The minimum Gasteiger partial charge on any atom is -0.465 e. The molecule has 0 bridgehead atoms. The molecule has 1 saturated heterocycles. The van der Waals surface area contributed by atoms with Crippen molar-refractivity contribution in [3.8, 4) is 0 Å². The Balaban J connectivity index is 2.33. The first-order valence-electron chi connectivity index (χ1n) is 6.51. The summed E-state index contributed by atoms with van der Waals surface area (Å²) in [5, 5.41) is 0. The Morgan fingerprint density at radius 2 is 2.24 bits per heavy atom. The first-order chi connectivity index (χ1) is 9.87. The fraction of sp³-hybridized carbons (Fsp3) is 0.462. The number of hydrogen-bond acceptors (Lipinski definition) is 4. The highest BCUT2D eigenvalue weighted by Gasteiger charge is 2.40. The Morgan fingerprint density at radius 3 is 2.86 bits per heavy atom. The van der Waals surface area contributed by atoms with Crippen LogP contribution in [0, 0.1) is 5.82 Å². The summed E-state index contributed by atoms with van der Waals surface area (Å²) in [5.41, 5.74) is 0. The summed E-state index contributed by atoms with van der Waals surface area (Å²) in [6.45, 7) is 2.08. The van der Waals surface area contributed by atoms with E-state index in [-0.39, 0.29) is 22.5 Å². The van der Waals surface area contributed by atoms with E-state index in [9.17, 15) is 17.6 Å². The van der Waals surface area contributed by atoms with Gasteiger partial charge in [0.15, 0.2) is 0 Å². The molecule has 1 fully saturated rings. The zero-order valence-electron chi connectivity index (χ0n) is 11.4. The molecule has 0 amide bonds. The van der Waals surface area contributed by atoms with E-state index >= 15 is 0 Å². The molecule has 1 atom stereocenters. The first kappa shape index (κ1) is 16.4. The average Bonchev–Trinajstić information content (AvgIpc) is 2.92. The first-order valence-corrected chi connectivity index (χ1v) is 8.74. The lowest BCUT2D eigenvalue weighted by atomic mass is 10.2. The summed E-state index contributed by atoms with van der Waals surface area (Å²) in [6.07, 6.45) is 0.985. The minimum atomic E-state index is -3.92. The molecule has 0 N–H and O–H groups in total. The Bertz CT molecular complexity index is 650. The molecular formula is C13H15BrFNO4S. The van der Waals surface area contributed by atoms with Crippen LogP contribution in [0.2, 0.25) is 0 Å². The van der Waals surface area contributed by atoms with Crippen molar-refractivity contribution in [2.75, 3.05) is 13.2 Å². The number of benzene rings is 1. The monoisotopic (exact) mass is 379 g/mol. The van der Waals surface area contributed by atoms with Crippen LogP contribution in [0.25, 0.3) is 0 Å². The Morgan fingerprint density at radius 1 is 1.52 bits per heavy atom. The van der Waals surface area contributed by atoms with Gasteiger partial charge in [-0.15, -0.1) is 0 Å². The number of carbonyl (C=O) groups excluding carboxylic acids is 1. The van der Waals surface area contributed by atoms with Crippen LogP contribution < -0.4 is 0 Å². The molecule has 1 aromatic rings. The van der Waals surface area contributed by atoms with Crippen molar-refractivity contribution in [3.63, 3.8) is 0 Å². The van der Waals surface area contributed by atoms with Gasteiger partial charge in [0, 0.05) is 6.54 Å². The van der Waals surface area contributed by atoms with E-state index in [2.05, 4.69) is 15.9 Å². The highest BCUT2D eigenvalue weighted by molar-refractivity contribution is 9.10. The van der Waals surface area contributed by atoms with Gasteiger partial charge in [-0.05, 0) is 53.9 Å². The molecule has 21 heavy (non-hydrogen) atoms. The second kappa shape index (κ2) is 6.41. The van der Waals surface area contributed by atoms with Gasteiger partial charge >= 0.3 is 5.97 Å². The number of ether oxygens (including phenoxy) is 1. The van der Waals surface area contributed by atoms with Crippen molar-refractivity contribution in [3.05, 3.63) is 28.5 Å². The van der Waals surface area contributed by atoms with Gasteiger partial charge in [-0.25, -0.2) is 12.8 Å². The van der Waals surface area contributed by atoms with Crippen LogP contribution in [0.3, 0.4) is 0 Å². The molecular weight excluding hydrogens is 365 g/mol. The van der Waals surface area contributed by atoms with Gasteiger partial charge < -0.3 is 4.74 Å². The molecule has 2 rings (SSSR count). The molecule has 1 unspecified atom stereocenters. The lowest BCUT2D eigenvalue weighted by Gasteiger charge is -2.22.